The molecule has 0 saturated heterocycles. The van der Waals surface area contributed by atoms with E-state index in [2.05, 4.69) is 26.3 Å². The first-order chi connectivity index (χ1) is 11.8. The summed E-state index contributed by atoms with van der Waals surface area (Å²) < 4.78 is 20.1. The predicted octanol–water partition coefficient (Wildman–Crippen LogP) is 0.681. The van der Waals surface area contributed by atoms with Gasteiger partial charge >= 0.3 is 17.9 Å². The minimum absolute atomic E-state index is 0.278. The van der Waals surface area contributed by atoms with Gasteiger partial charge < -0.3 is 24.1 Å². The number of ether oxygens (including phenoxy) is 4. The van der Waals surface area contributed by atoms with E-state index in [0.717, 1.165) is 24.3 Å². The van der Waals surface area contributed by atoms with Gasteiger partial charge in [0.25, 0.3) is 0 Å². The Labute approximate surface area is 146 Å². The van der Waals surface area contributed by atoms with Gasteiger partial charge in [-0.15, -0.1) is 0 Å². The van der Waals surface area contributed by atoms with E-state index in [1.807, 2.05) is 0 Å². The SMILES string of the molecule is C=CC(=O)OCC(COC(=O)C=C)(COC(=O)C=C)COC(O)C=C. The fourth-order valence-electron chi connectivity index (χ4n) is 1.43. The van der Waals surface area contributed by atoms with Crippen molar-refractivity contribution in [3.63, 3.8) is 0 Å². The van der Waals surface area contributed by atoms with Crippen LogP contribution in [0.3, 0.4) is 0 Å². The summed E-state index contributed by atoms with van der Waals surface area (Å²) in [5.74, 6) is -2.21. The van der Waals surface area contributed by atoms with Gasteiger partial charge in [0.05, 0.1) is 12.0 Å². The number of carbonyl (C=O) groups excluding carboxylic acids is 3. The highest BCUT2D eigenvalue weighted by atomic mass is 16.6. The Balaban J connectivity index is 5.33. The molecular weight excluding hydrogens is 332 g/mol. The van der Waals surface area contributed by atoms with Crippen molar-refractivity contribution in [2.45, 2.75) is 6.29 Å². The van der Waals surface area contributed by atoms with Crippen LogP contribution in [0.25, 0.3) is 0 Å². The molecule has 138 valence electrons. The Morgan fingerprint density at radius 1 is 0.800 bits per heavy atom. The molecule has 0 aromatic rings. The number of esters is 3. The van der Waals surface area contributed by atoms with Crippen LogP contribution < -0.4 is 0 Å². The predicted molar refractivity (Wildman–Crippen MR) is 88.1 cm³/mol. The first-order valence-corrected chi connectivity index (χ1v) is 7.12. The van der Waals surface area contributed by atoms with Crippen LogP contribution in [0.2, 0.25) is 0 Å². The van der Waals surface area contributed by atoms with E-state index >= 15 is 0 Å². The highest BCUT2D eigenvalue weighted by Crippen LogP contribution is 2.22. The van der Waals surface area contributed by atoms with Crippen molar-refractivity contribution in [2.24, 2.45) is 5.41 Å². The van der Waals surface area contributed by atoms with Crippen LogP contribution in [0.1, 0.15) is 0 Å². The van der Waals surface area contributed by atoms with E-state index in [0.29, 0.717) is 0 Å². The maximum atomic E-state index is 11.3. The molecular formula is C17H22O8. The Hall–Kier alpha value is -2.71. The molecule has 0 aliphatic rings. The van der Waals surface area contributed by atoms with Crippen LogP contribution in [0, 0.1) is 5.41 Å². The largest absolute Gasteiger partial charge is 0.462 e. The van der Waals surface area contributed by atoms with Gasteiger partial charge in [0.2, 0.25) is 0 Å². The third kappa shape index (κ3) is 9.23. The van der Waals surface area contributed by atoms with Gasteiger partial charge in [0.15, 0.2) is 6.29 Å². The van der Waals surface area contributed by atoms with Crippen molar-refractivity contribution in [1.82, 2.24) is 0 Å². The van der Waals surface area contributed by atoms with Crippen molar-refractivity contribution in [2.75, 3.05) is 26.4 Å². The maximum absolute atomic E-state index is 11.3. The molecule has 0 aromatic heterocycles. The molecule has 1 atom stereocenters. The van der Waals surface area contributed by atoms with Gasteiger partial charge in [-0.3, -0.25) is 0 Å². The smallest absolute Gasteiger partial charge is 0.330 e. The van der Waals surface area contributed by atoms with E-state index in [-0.39, 0.29) is 26.4 Å². The van der Waals surface area contributed by atoms with Crippen molar-refractivity contribution in [1.29, 1.82) is 0 Å². The van der Waals surface area contributed by atoms with E-state index in [1.165, 1.54) is 0 Å². The standard InChI is InChI=1S/C17H22O8/c1-5-13(18)22-9-17(10-23-14(19)6-2,11-24-15(20)7-3)12-25-16(21)8-4/h5-8,13,18H,1-4,9-12H2. The summed E-state index contributed by atoms with van der Waals surface area (Å²) in [5.41, 5.74) is -1.28. The lowest BCUT2D eigenvalue weighted by atomic mass is 9.92. The molecule has 8 heteroatoms. The number of aliphatic hydroxyl groups is 1. The van der Waals surface area contributed by atoms with Crippen molar-refractivity contribution >= 4 is 17.9 Å². The fourth-order valence-corrected chi connectivity index (χ4v) is 1.43. The van der Waals surface area contributed by atoms with E-state index < -0.39 is 29.6 Å². The van der Waals surface area contributed by atoms with Crippen molar-refractivity contribution in [3.05, 3.63) is 50.6 Å². The summed E-state index contributed by atoms with van der Waals surface area (Å²) in [6.45, 7) is 11.9. The molecule has 0 bridgehead atoms. The third-order valence-corrected chi connectivity index (χ3v) is 2.82. The number of rotatable bonds is 13. The van der Waals surface area contributed by atoms with Crippen molar-refractivity contribution in [3.8, 4) is 0 Å². The zero-order valence-corrected chi connectivity index (χ0v) is 13.8. The molecule has 0 amide bonds. The molecule has 0 heterocycles. The fraction of sp³-hybridized carbons (Fsp3) is 0.353. The van der Waals surface area contributed by atoms with Gasteiger partial charge in [0.1, 0.15) is 19.8 Å². The number of aliphatic hydroxyl groups excluding tert-OH is 1. The monoisotopic (exact) mass is 354 g/mol. The lowest BCUT2D eigenvalue weighted by Crippen LogP contribution is -2.44. The topological polar surface area (TPSA) is 108 Å². The number of hydrogen-bond donors (Lipinski definition) is 1. The van der Waals surface area contributed by atoms with Crippen LogP contribution in [0.5, 0.6) is 0 Å². The lowest BCUT2D eigenvalue weighted by molar-refractivity contribution is -0.170. The molecule has 8 nitrogen and oxygen atoms in total. The van der Waals surface area contributed by atoms with Gasteiger partial charge in [-0.2, -0.15) is 0 Å². The molecule has 25 heavy (non-hydrogen) atoms. The van der Waals surface area contributed by atoms with Gasteiger partial charge in [-0.05, 0) is 6.08 Å². The minimum Gasteiger partial charge on any atom is -0.462 e. The summed E-state index contributed by atoms with van der Waals surface area (Å²) in [5, 5.41) is 9.48. The second kappa shape index (κ2) is 11.8. The summed E-state index contributed by atoms with van der Waals surface area (Å²) in [6.07, 6.45) is 2.62. The third-order valence-electron chi connectivity index (χ3n) is 2.82. The first kappa shape index (κ1) is 22.3. The summed E-state index contributed by atoms with van der Waals surface area (Å²) in [6, 6.07) is 0. The highest BCUT2D eigenvalue weighted by molar-refractivity contribution is 5.82. The average molecular weight is 354 g/mol. The molecule has 0 aliphatic heterocycles. The Morgan fingerprint density at radius 2 is 1.16 bits per heavy atom. The number of carbonyl (C=O) groups is 3. The highest BCUT2D eigenvalue weighted by Gasteiger charge is 2.36. The first-order valence-electron chi connectivity index (χ1n) is 7.12. The average Bonchev–Trinajstić information content (AvgIpc) is 2.65. The second-order valence-corrected chi connectivity index (χ2v) is 4.87. The Kier molecular flexibility index (Phi) is 10.5. The minimum atomic E-state index is -1.32. The maximum Gasteiger partial charge on any atom is 0.330 e. The van der Waals surface area contributed by atoms with Crippen LogP contribution in [0.15, 0.2) is 50.6 Å². The molecule has 0 fully saturated rings. The summed E-state index contributed by atoms with van der Waals surface area (Å²) in [7, 11) is 0. The normalized spacial score (nSPS) is 11.6. The van der Waals surface area contributed by atoms with Crippen molar-refractivity contribution < 1.29 is 38.4 Å². The van der Waals surface area contributed by atoms with Crippen LogP contribution >= 0.6 is 0 Å². The van der Waals surface area contributed by atoms with Gasteiger partial charge in [-0.25, -0.2) is 14.4 Å². The Morgan fingerprint density at radius 3 is 1.44 bits per heavy atom. The molecule has 0 spiro atoms. The molecule has 0 rings (SSSR count). The van der Waals surface area contributed by atoms with Crippen LogP contribution in [-0.4, -0.2) is 55.7 Å². The number of hydrogen-bond acceptors (Lipinski definition) is 8. The zero-order chi connectivity index (χ0) is 19.3. The molecule has 0 aliphatic carbocycles. The molecule has 0 aromatic carbocycles. The Bertz CT molecular complexity index is 463. The van der Waals surface area contributed by atoms with Crippen LogP contribution in [0.4, 0.5) is 0 Å². The van der Waals surface area contributed by atoms with E-state index in [4.69, 9.17) is 18.9 Å². The summed E-state index contributed by atoms with van der Waals surface area (Å²) >= 11 is 0. The van der Waals surface area contributed by atoms with Crippen LogP contribution in [-0.2, 0) is 33.3 Å². The van der Waals surface area contributed by atoms with Gasteiger partial charge in [0, 0.05) is 18.2 Å². The molecule has 0 radical (unpaired) electrons. The van der Waals surface area contributed by atoms with Gasteiger partial charge in [-0.1, -0.05) is 26.3 Å². The summed E-state index contributed by atoms with van der Waals surface area (Å²) in [4.78, 5) is 34.0. The van der Waals surface area contributed by atoms with E-state index in [1.54, 1.807) is 0 Å². The zero-order valence-electron chi connectivity index (χ0n) is 13.8. The second-order valence-electron chi connectivity index (χ2n) is 4.87. The quantitative estimate of drug-likeness (QED) is 0.169. The lowest BCUT2D eigenvalue weighted by Gasteiger charge is -2.32. The van der Waals surface area contributed by atoms with E-state index in [9.17, 15) is 19.5 Å². The molecule has 1 unspecified atom stereocenters. The molecule has 0 saturated carbocycles. The molecule has 1 N–H and O–H groups in total.